The number of hydrogen-bond donors (Lipinski definition) is 0. The number of carbonyl (C=O) groups excluding carboxylic acids is 1. The Kier molecular flexibility index (Phi) is 2.99. The topological polar surface area (TPSA) is 26.3 Å². The molecule has 0 heterocycles. The van der Waals surface area contributed by atoms with Crippen LogP contribution in [0.2, 0.25) is 0 Å². The molecule has 0 bridgehead atoms. The first-order valence-corrected chi connectivity index (χ1v) is 5.91. The first-order valence-electron chi connectivity index (χ1n) is 5.91. The van der Waals surface area contributed by atoms with Gasteiger partial charge in [-0.25, -0.2) is 0 Å². The largest absolute Gasteiger partial charge is 0.468 e. The maximum absolute atomic E-state index is 11.7. The van der Waals surface area contributed by atoms with Gasteiger partial charge < -0.3 is 4.74 Å². The van der Waals surface area contributed by atoms with Crippen LogP contribution in [0.1, 0.15) is 37.3 Å². The Morgan fingerprint density at radius 3 is 2.38 bits per heavy atom. The third-order valence-corrected chi connectivity index (χ3v) is 3.37. The molecule has 0 spiro atoms. The predicted octanol–water partition coefficient (Wildman–Crippen LogP) is 2.84. The monoisotopic (exact) mass is 218 g/mol. The molecule has 1 fully saturated rings. The van der Waals surface area contributed by atoms with Crippen LogP contribution in [0.4, 0.5) is 0 Å². The summed E-state index contributed by atoms with van der Waals surface area (Å²) in [5.41, 5.74) is 2.13. The fraction of sp³-hybridized carbons (Fsp3) is 0.500. The zero-order chi connectivity index (χ0) is 11.6. The molecule has 2 nitrogen and oxygen atoms in total. The molecule has 1 aromatic rings. The van der Waals surface area contributed by atoms with Crippen LogP contribution in [0.15, 0.2) is 24.3 Å². The lowest BCUT2D eigenvalue weighted by molar-refractivity contribution is -0.143. The van der Waals surface area contributed by atoms with Crippen molar-refractivity contribution in [1.82, 2.24) is 0 Å². The maximum atomic E-state index is 11.7. The van der Waals surface area contributed by atoms with E-state index in [1.807, 2.05) is 0 Å². The number of aryl methyl sites for hydroxylation is 1. The number of hydrogen-bond acceptors (Lipinski definition) is 2. The summed E-state index contributed by atoms with van der Waals surface area (Å²) in [7, 11) is 1.47. The second-order valence-electron chi connectivity index (χ2n) is 4.52. The molecule has 1 aliphatic carbocycles. The Bertz CT molecular complexity index is 374. The van der Waals surface area contributed by atoms with Gasteiger partial charge in [-0.3, -0.25) is 4.79 Å². The number of ether oxygens (including phenoxy) is 1. The molecule has 0 aliphatic heterocycles. The lowest BCUT2D eigenvalue weighted by atomic mass is 9.94. The average molecular weight is 218 g/mol. The molecule has 0 saturated heterocycles. The van der Waals surface area contributed by atoms with E-state index < -0.39 is 0 Å². The summed E-state index contributed by atoms with van der Waals surface area (Å²) in [6, 6.07) is 8.41. The van der Waals surface area contributed by atoms with E-state index in [-0.39, 0.29) is 11.4 Å². The minimum absolute atomic E-state index is 0.0873. The molecular weight excluding hydrogens is 200 g/mol. The smallest absolute Gasteiger partial charge is 0.316 e. The van der Waals surface area contributed by atoms with Crippen molar-refractivity contribution in [3.05, 3.63) is 35.4 Å². The van der Waals surface area contributed by atoms with Crippen molar-refractivity contribution in [3.63, 3.8) is 0 Å². The van der Waals surface area contributed by atoms with Crippen LogP contribution < -0.4 is 0 Å². The van der Waals surface area contributed by atoms with E-state index in [1.54, 1.807) is 0 Å². The van der Waals surface area contributed by atoms with E-state index in [1.165, 1.54) is 12.7 Å². The van der Waals surface area contributed by atoms with Crippen molar-refractivity contribution >= 4 is 5.97 Å². The molecule has 2 heteroatoms. The Balaban J connectivity index is 2.19. The summed E-state index contributed by atoms with van der Waals surface area (Å²) < 4.78 is 4.87. The fourth-order valence-electron chi connectivity index (χ4n) is 2.21. The molecule has 0 unspecified atom stereocenters. The van der Waals surface area contributed by atoms with Crippen molar-refractivity contribution in [1.29, 1.82) is 0 Å². The second kappa shape index (κ2) is 4.28. The molecule has 1 saturated carbocycles. The Morgan fingerprint density at radius 1 is 1.31 bits per heavy atom. The van der Waals surface area contributed by atoms with Crippen LogP contribution in [0.3, 0.4) is 0 Å². The van der Waals surface area contributed by atoms with Crippen LogP contribution >= 0.6 is 0 Å². The summed E-state index contributed by atoms with van der Waals surface area (Å²) in [4.78, 5) is 11.7. The van der Waals surface area contributed by atoms with Crippen LogP contribution in [0.5, 0.6) is 0 Å². The zero-order valence-corrected chi connectivity index (χ0v) is 9.95. The van der Waals surface area contributed by atoms with Gasteiger partial charge in [0.15, 0.2) is 0 Å². The molecular formula is C14H18O2. The van der Waals surface area contributed by atoms with E-state index >= 15 is 0 Å². The summed E-state index contributed by atoms with van der Waals surface area (Å²) in [5.74, 6) is -0.0873. The van der Waals surface area contributed by atoms with Gasteiger partial charge in [-0.1, -0.05) is 37.6 Å². The fourth-order valence-corrected chi connectivity index (χ4v) is 2.21. The van der Waals surface area contributed by atoms with Crippen LogP contribution in [0, 0.1) is 0 Å². The van der Waals surface area contributed by atoms with Gasteiger partial charge in [0.05, 0.1) is 12.5 Å². The number of benzene rings is 1. The van der Waals surface area contributed by atoms with E-state index in [2.05, 4.69) is 31.2 Å². The SMILES string of the molecule is CCCc1ccc(C2(C(=O)OC)CC2)cc1. The third kappa shape index (κ3) is 1.84. The number of carbonyl (C=O) groups is 1. The van der Waals surface area contributed by atoms with Crippen molar-refractivity contribution < 1.29 is 9.53 Å². The van der Waals surface area contributed by atoms with Crippen LogP contribution in [-0.2, 0) is 21.4 Å². The van der Waals surface area contributed by atoms with Gasteiger partial charge in [0.2, 0.25) is 0 Å². The van der Waals surface area contributed by atoms with Gasteiger partial charge in [0.1, 0.15) is 0 Å². The highest BCUT2D eigenvalue weighted by molar-refractivity contribution is 5.86. The first kappa shape index (κ1) is 11.2. The minimum atomic E-state index is -0.320. The van der Waals surface area contributed by atoms with E-state index in [0.717, 1.165) is 31.2 Å². The van der Waals surface area contributed by atoms with E-state index in [9.17, 15) is 4.79 Å². The highest BCUT2D eigenvalue weighted by atomic mass is 16.5. The minimum Gasteiger partial charge on any atom is -0.468 e. The lowest BCUT2D eigenvalue weighted by Gasteiger charge is -2.13. The summed E-state index contributed by atoms with van der Waals surface area (Å²) in [5, 5.41) is 0. The standard InChI is InChI=1S/C14H18O2/c1-3-4-11-5-7-12(8-6-11)14(9-10-14)13(15)16-2/h5-8H,3-4,9-10H2,1-2H3. The highest BCUT2D eigenvalue weighted by Gasteiger charge is 2.52. The molecule has 16 heavy (non-hydrogen) atoms. The first-order chi connectivity index (χ1) is 7.73. The molecule has 0 N–H and O–H groups in total. The molecule has 1 aliphatic rings. The van der Waals surface area contributed by atoms with E-state index in [4.69, 9.17) is 4.74 Å². The molecule has 0 aromatic heterocycles. The molecule has 0 atom stereocenters. The molecule has 1 aromatic carbocycles. The maximum Gasteiger partial charge on any atom is 0.316 e. The molecule has 2 rings (SSSR count). The van der Waals surface area contributed by atoms with Gasteiger partial charge in [-0.05, 0) is 30.4 Å². The van der Waals surface area contributed by atoms with Gasteiger partial charge in [0, 0.05) is 0 Å². The van der Waals surface area contributed by atoms with E-state index in [0.29, 0.717) is 0 Å². The quantitative estimate of drug-likeness (QED) is 0.726. The van der Waals surface area contributed by atoms with Crippen LogP contribution in [-0.4, -0.2) is 13.1 Å². The second-order valence-corrected chi connectivity index (χ2v) is 4.52. The normalized spacial score (nSPS) is 16.9. The van der Waals surface area contributed by atoms with Crippen molar-refractivity contribution in [2.24, 2.45) is 0 Å². The summed E-state index contributed by atoms with van der Waals surface area (Å²) in [6.07, 6.45) is 4.10. The third-order valence-electron chi connectivity index (χ3n) is 3.37. The number of methoxy groups -OCH3 is 1. The predicted molar refractivity (Wildman–Crippen MR) is 63.4 cm³/mol. The molecule has 86 valence electrons. The Labute approximate surface area is 96.6 Å². The highest BCUT2D eigenvalue weighted by Crippen LogP contribution is 2.49. The van der Waals surface area contributed by atoms with Gasteiger partial charge in [0.25, 0.3) is 0 Å². The van der Waals surface area contributed by atoms with Gasteiger partial charge >= 0.3 is 5.97 Å². The van der Waals surface area contributed by atoms with Crippen LogP contribution in [0.25, 0.3) is 0 Å². The Hall–Kier alpha value is -1.31. The average Bonchev–Trinajstić information content (AvgIpc) is 3.11. The molecule has 0 radical (unpaired) electrons. The number of esters is 1. The van der Waals surface area contributed by atoms with Crippen molar-refractivity contribution in [3.8, 4) is 0 Å². The Morgan fingerprint density at radius 2 is 1.94 bits per heavy atom. The summed E-state index contributed by atoms with van der Waals surface area (Å²) >= 11 is 0. The van der Waals surface area contributed by atoms with Crippen molar-refractivity contribution in [2.45, 2.75) is 38.0 Å². The van der Waals surface area contributed by atoms with Crippen molar-refractivity contribution in [2.75, 3.05) is 7.11 Å². The lowest BCUT2D eigenvalue weighted by Crippen LogP contribution is -2.21. The van der Waals surface area contributed by atoms with Gasteiger partial charge in [-0.15, -0.1) is 0 Å². The number of rotatable bonds is 4. The zero-order valence-electron chi connectivity index (χ0n) is 9.95. The van der Waals surface area contributed by atoms with Gasteiger partial charge in [-0.2, -0.15) is 0 Å². The molecule has 0 amide bonds. The summed E-state index contributed by atoms with van der Waals surface area (Å²) in [6.45, 7) is 2.17.